The monoisotopic (exact) mass is 321 g/mol. The zero-order valence-corrected chi connectivity index (χ0v) is 13.8. The average Bonchev–Trinajstić information content (AvgIpc) is 2.96. The van der Waals surface area contributed by atoms with Crippen LogP contribution in [0.25, 0.3) is 0 Å². The van der Waals surface area contributed by atoms with Gasteiger partial charge >= 0.3 is 0 Å². The summed E-state index contributed by atoms with van der Waals surface area (Å²) in [7, 11) is 0. The van der Waals surface area contributed by atoms with Gasteiger partial charge in [-0.05, 0) is 57.0 Å². The van der Waals surface area contributed by atoms with Gasteiger partial charge in [0.15, 0.2) is 0 Å². The predicted octanol–water partition coefficient (Wildman–Crippen LogP) is 2.42. The SMILES string of the molecule is C[C@H]1C[C@@H](C(=O)NC2CCN(c3ccc(Cl)cc3)C2)CCN1. The quantitative estimate of drug-likeness (QED) is 0.898. The van der Waals surface area contributed by atoms with Crippen molar-refractivity contribution in [2.75, 3.05) is 24.5 Å². The van der Waals surface area contributed by atoms with Crippen molar-refractivity contribution in [3.05, 3.63) is 29.3 Å². The molecule has 120 valence electrons. The molecule has 0 saturated carbocycles. The van der Waals surface area contributed by atoms with Gasteiger partial charge in [0.1, 0.15) is 0 Å². The van der Waals surface area contributed by atoms with Gasteiger partial charge in [0.25, 0.3) is 0 Å². The van der Waals surface area contributed by atoms with E-state index in [4.69, 9.17) is 11.6 Å². The molecule has 2 aliphatic heterocycles. The molecule has 0 bridgehead atoms. The van der Waals surface area contributed by atoms with Gasteiger partial charge in [-0.2, -0.15) is 0 Å². The molecule has 0 radical (unpaired) electrons. The van der Waals surface area contributed by atoms with Crippen LogP contribution in [0.1, 0.15) is 26.2 Å². The topological polar surface area (TPSA) is 44.4 Å². The van der Waals surface area contributed by atoms with Gasteiger partial charge in [-0.1, -0.05) is 11.6 Å². The third-order valence-corrected chi connectivity index (χ3v) is 4.97. The first-order valence-electron chi connectivity index (χ1n) is 8.16. The lowest BCUT2D eigenvalue weighted by molar-refractivity contribution is -0.126. The van der Waals surface area contributed by atoms with Crippen LogP contribution in [0.2, 0.25) is 5.02 Å². The van der Waals surface area contributed by atoms with E-state index in [1.165, 1.54) is 5.69 Å². The minimum Gasteiger partial charge on any atom is -0.369 e. The standard InChI is InChI=1S/C17H24ClN3O/c1-12-10-13(6-8-19-12)17(22)20-15-7-9-21(11-15)16-4-2-14(18)3-5-16/h2-5,12-13,15,19H,6-11H2,1H3,(H,20,22)/t12-,13-,15?/m0/s1. The maximum atomic E-state index is 12.4. The second-order valence-corrected chi connectivity index (χ2v) is 6.93. The fraction of sp³-hybridized carbons (Fsp3) is 0.588. The van der Waals surface area contributed by atoms with Crippen molar-refractivity contribution in [2.45, 2.75) is 38.3 Å². The third kappa shape index (κ3) is 3.73. The van der Waals surface area contributed by atoms with E-state index in [0.717, 1.165) is 43.9 Å². The molecule has 0 aromatic heterocycles. The number of nitrogens with zero attached hydrogens (tertiary/aromatic N) is 1. The Labute approximate surface area is 137 Å². The normalized spacial score (nSPS) is 28.6. The number of carbonyl (C=O) groups excluding carboxylic acids is 1. The van der Waals surface area contributed by atoms with Crippen molar-refractivity contribution >= 4 is 23.2 Å². The van der Waals surface area contributed by atoms with E-state index < -0.39 is 0 Å². The molecule has 2 N–H and O–H groups in total. The molecule has 3 rings (SSSR count). The number of benzene rings is 1. The molecule has 0 spiro atoms. The Kier molecular flexibility index (Phi) is 4.89. The average molecular weight is 322 g/mol. The van der Waals surface area contributed by atoms with E-state index >= 15 is 0 Å². The molecule has 3 atom stereocenters. The van der Waals surface area contributed by atoms with Gasteiger partial charge in [0.05, 0.1) is 0 Å². The number of nitrogens with one attached hydrogen (secondary N) is 2. The van der Waals surface area contributed by atoms with Crippen LogP contribution in [-0.2, 0) is 4.79 Å². The van der Waals surface area contributed by atoms with Crippen LogP contribution in [0.4, 0.5) is 5.69 Å². The van der Waals surface area contributed by atoms with Crippen LogP contribution in [0, 0.1) is 5.92 Å². The van der Waals surface area contributed by atoms with Gasteiger partial charge in [0, 0.05) is 41.8 Å². The third-order valence-electron chi connectivity index (χ3n) is 4.72. The summed E-state index contributed by atoms with van der Waals surface area (Å²) in [6.45, 7) is 4.96. The molecule has 1 unspecified atom stereocenters. The number of carbonyl (C=O) groups is 1. The second-order valence-electron chi connectivity index (χ2n) is 6.49. The molecule has 1 aromatic rings. The summed E-state index contributed by atoms with van der Waals surface area (Å²) >= 11 is 5.93. The highest BCUT2D eigenvalue weighted by molar-refractivity contribution is 6.30. The van der Waals surface area contributed by atoms with E-state index in [-0.39, 0.29) is 17.9 Å². The van der Waals surface area contributed by atoms with Gasteiger partial charge in [0.2, 0.25) is 5.91 Å². The van der Waals surface area contributed by atoms with Crippen molar-refractivity contribution in [1.82, 2.24) is 10.6 Å². The van der Waals surface area contributed by atoms with Gasteiger partial charge in [-0.3, -0.25) is 4.79 Å². The molecule has 1 amide bonds. The maximum absolute atomic E-state index is 12.4. The Morgan fingerprint density at radius 1 is 1.32 bits per heavy atom. The van der Waals surface area contributed by atoms with Crippen molar-refractivity contribution in [1.29, 1.82) is 0 Å². The largest absolute Gasteiger partial charge is 0.369 e. The van der Waals surface area contributed by atoms with Crippen molar-refractivity contribution in [2.24, 2.45) is 5.92 Å². The van der Waals surface area contributed by atoms with Gasteiger partial charge in [-0.25, -0.2) is 0 Å². The fourth-order valence-corrected chi connectivity index (χ4v) is 3.58. The predicted molar refractivity (Wildman–Crippen MR) is 90.4 cm³/mol. The Hall–Kier alpha value is -1.26. The highest BCUT2D eigenvalue weighted by atomic mass is 35.5. The number of hydrogen-bond donors (Lipinski definition) is 2. The van der Waals surface area contributed by atoms with Crippen LogP contribution < -0.4 is 15.5 Å². The Balaban J connectivity index is 1.52. The lowest BCUT2D eigenvalue weighted by atomic mass is 9.92. The first-order chi connectivity index (χ1) is 10.6. The zero-order valence-electron chi connectivity index (χ0n) is 13.0. The molecule has 2 saturated heterocycles. The molecular weight excluding hydrogens is 298 g/mol. The molecule has 4 nitrogen and oxygen atoms in total. The summed E-state index contributed by atoms with van der Waals surface area (Å²) in [5, 5.41) is 7.40. The Morgan fingerprint density at radius 2 is 2.09 bits per heavy atom. The summed E-state index contributed by atoms with van der Waals surface area (Å²) in [4.78, 5) is 14.7. The first kappa shape index (κ1) is 15.6. The van der Waals surface area contributed by atoms with E-state index in [1.54, 1.807) is 0 Å². The van der Waals surface area contributed by atoms with E-state index in [9.17, 15) is 4.79 Å². The smallest absolute Gasteiger partial charge is 0.223 e. The summed E-state index contributed by atoms with van der Waals surface area (Å²) in [5.74, 6) is 0.400. The van der Waals surface area contributed by atoms with Crippen LogP contribution in [0.15, 0.2) is 24.3 Å². The Morgan fingerprint density at radius 3 is 2.82 bits per heavy atom. The lowest BCUT2D eigenvalue weighted by Crippen LogP contribution is -2.46. The lowest BCUT2D eigenvalue weighted by Gasteiger charge is -2.28. The minimum atomic E-state index is 0.167. The highest BCUT2D eigenvalue weighted by Crippen LogP contribution is 2.23. The van der Waals surface area contributed by atoms with Crippen molar-refractivity contribution in [3.63, 3.8) is 0 Å². The van der Waals surface area contributed by atoms with E-state index in [2.05, 4.69) is 22.5 Å². The van der Waals surface area contributed by atoms with E-state index in [0.29, 0.717) is 6.04 Å². The summed E-state index contributed by atoms with van der Waals surface area (Å²) in [5.41, 5.74) is 1.18. The number of amides is 1. The number of hydrogen-bond acceptors (Lipinski definition) is 3. The molecule has 2 fully saturated rings. The molecule has 1 aromatic carbocycles. The number of halogens is 1. The Bertz CT molecular complexity index is 519. The molecule has 2 aliphatic rings. The van der Waals surface area contributed by atoms with Crippen LogP contribution in [-0.4, -0.2) is 37.6 Å². The second kappa shape index (κ2) is 6.88. The summed E-state index contributed by atoms with van der Waals surface area (Å²) in [6.07, 6.45) is 2.90. The highest BCUT2D eigenvalue weighted by Gasteiger charge is 2.29. The van der Waals surface area contributed by atoms with Gasteiger partial charge in [-0.15, -0.1) is 0 Å². The zero-order chi connectivity index (χ0) is 15.5. The van der Waals surface area contributed by atoms with Gasteiger partial charge < -0.3 is 15.5 Å². The van der Waals surface area contributed by atoms with Crippen LogP contribution in [0.5, 0.6) is 0 Å². The summed E-state index contributed by atoms with van der Waals surface area (Å²) < 4.78 is 0. The molecule has 5 heteroatoms. The summed E-state index contributed by atoms with van der Waals surface area (Å²) in [6, 6.07) is 8.62. The van der Waals surface area contributed by atoms with E-state index in [1.807, 2.05) is 24.3 Å². The maximum Gasteiger partial charge on any atom is 0.223 e. The molecular formula is C17H24ClN3O. The molecule has 22 heavy (non-hydrogen) atoms. The number of rotatable bonds is 3. The van der Waals surface area contributed by atoms with Crippen molar-refractivity contribution < 1.29 is 4.79 Å². The minimum absolute atomic E-state index is 0.167. The number of anilines is 1. The van der Waals surface area contributed by atoms with Crippen molar-refractivity contribution in [3.8, 4) is 0 Å². The fourth-order valence-electron chi connectivity index (χ4n) is 3.45. The van der Waals surface area contributed by atoms with Crippen LogP contribution in [0.3, 0.4) is 0 Å². The number of piperidine rings is 1. The first-order valence-corrected chi connectivity index (χ1v) is 8.54. The van der Waals surface area contributed by atoms with Crippen LogP contribution >= 0.6 is 11.6 Å². The molecule has 2 heterocycles. The molecule has 0 aliphatic carbocycles.